The highest BCUT2D eigenvalue weighted by atomic mass is 32.3. The van der Waals surface area contributed by atoms with Crippen molar-refractivity contribution in [3.8, 4) is 0 Å². The van der Waals surface area contributed by atoms with Crippen LogP contribution >= 0.6 is 10.6 Å². The largest absolute Gasteiger partial charge is 0.385 e. The summed E-state index contributed by atoms with van der Waals surface area (Å²) in [6.07, 6.45) is 54.6. The molecule has 0 aromatic heterocycles. The maximum atomic E-state index is 9.28. The van der Waals surface area contributed by atoms with E-state index in [-0.39, 0.29) is 0 Å². The number of unbranched alkanes of at least 4 members (excludes halogenated alkanes) is 23. The van der Waals surface area contributed by atoms with Crippen LogP contribution in [0.3, 0.4) is 0 Å². The number of hydrogen-bond acceptors (Lipinski definition) is 3. The van der Waals surface area contributed by atoms with Crippen molar-refractivity contribution in [3.05, 3.63) is 12.2 Å². The summed E-state index contributed by atoms with van der Waals surface area (Å²) in [4.78, 5) is 0. The van der Waals surface area contributed by atoms with Gasteiger partial charge in [0.05, 0.1) is 6.61 Å². The lowest BCUT2D eigenvalue weighted by Gasteiger charge is -2.28. The Hall–Kier alpha value is -0.0300. The molecule has 0 aromatic carbocycles. The van der Waals surface area contributed by atoms with E-state index >= 15 is 0 Å². The maximum Gasteiger partial charge on any atom is 0.0713 e. The van der Waals surface area contributed by atoms with Crippen LogP contribution in [0.5, 0.6) is 0 Å². The van der Waals surface area contributed by atoms with Gasteiger partial charge >= 0.3 is 0 Å². The lowest BCUT2D eigenvalue weighted by atomic mass is 9.85. The minimum Gasteiger partial charge on any atom is -0.385 e. The number of methoxy groups -OCH3 is 1. The van der Waals surface area contributed by atoms with Crippen molar-refractivity contribution in [2.24, 2.45) is 5.92 Å². The van der Waals surface area contributed by atoms with Gasteiger partial charge in [-0.05, 0) is 44.4 Å². The highest BCUT2D eigenvalue weighted by Gasteiger charge is 2.12. The zero-order valence-corrected chi connectivity index (χ0v) is 37.0. The Kier molecular flexibility index (Phi) is 53.2. The molecule has 1 N–H and O–H groups in total. The smallest absolute Gasteiger partial charge is 0.0713 e. The fourth-order valence-electron chi connectivity index (χ4n) is 6.51. The number of allylic oxidation sites excluding steroid dienone is 2. The van der Waals surface area contributed by atoms with Crippen molar-refractivity contribution < 1.29 is 13.5 Å². The molecule has 0 atom stereocenters. The lowest BCUT2D eigenvalue weighted by molar-refractivity contribution is 0.192. The van der Waals surface area contributed by atoms with Gasteiger partial charge in [-0.15, -0.1) is 0 Å². The summed E-state index contributed by atoms with van der Waals surface area (Å²) in [7, 11) is 0.0724. The van der Waals surface area contributed by atoms with Crippen molar-refractivity contribution in [1.82, 2.24) is 0 Å². The topological polar surface area (TPSA) is 38.7 Å². The van der Waals surface area contributed by atoms with Crippen LogP contribution in [0.15, 0.2) is 12.2 Å². The second kappa shape index (κ2) is 49.0. The van der Waals surface area contributed by atoms with Crippen LogP contribution in [-0.2, 0) is 8.92 Å². The first-order chi connectivity index (χ1) is 24.4. The summed E-state index contributed by atoms with van der Waals surface area (Å²) in [6.45, 7) is 12.4. The molecule has 0 radical (unpaired) electrons. The summed E-state index contributed by atoms with van der Waals surface area (Å²) in [6, 6.07) is 0. The first kappa shape index (κ1) is 54.3. The fraction of sp³-hybridized carbons (Fsp3) is 0.957. The predicted octanol–water partition coefficient (Wildman–Crippen LogP) is 17.2. The Bertz CT molecular complexity index is 582. The molecule has 3 nitrogen and oxygen atoms in total. The Labute approximate surface area is 320 Å². The zero-order chi connectivity index (χ0) is 37.7. The van der Waals surface area contributed by atoms with E-state index in [0.29, 0.717) is 6.61 Å². The average Bonchev–Trinajstić information content (AvgIpc) is 3.12. The van der Waals surface area contributed by atoms with Crippen LogP contribution in [0.2, 0.25) is 0 Å². The predicted molar refractivity (Wildman–Crippen MR) is 233 cm³/mol. The highest BCUT2D eigenvalue weighted by molar-refractivity contribution is 8.23. The van der Waals surface area contributed by atoms with Gasteiger partial charge in [0.25, 0.3) is 0 Å². The molecule has 0 bridgehead atoms. The van der Waals surface area contributed by atoms with Crippen molar-refractivity contribution in [2.75, 3.05) is 32.8 Å². The molecule has 0 amide bonds. The minimum atomic E-state index is -1.72. The summed E-state index contributed by atoms with van der Waals surface area (Å²) >= 11 is 0. The third-order valence-corrected chi connectivity index (χ3v) is 10.4. The summed E-state index contributed by atoms with van der Waals surface area (Å²) < 4.78 is 19.6. The highest BCUT2D eigenvalue weighted by Crippen LogP contribution is 2.35. The normalized spacial score (nSPS) is 13.6. The van der Waals surface area contributed by atoms with E-state index in [2.05, 4.69) is 32.9 Å². The molecule has 4 heteroatoms. The van der Waals surface area contributed by atoms with Crippen LogP contribution in [0.1, 0.15) is 247 Å². The van der Waals surface area contributed by atoms with E-state index in [4.69, 9.17) is 8.92 Å². The Morgan fingerprint density at radius 2 is 0.860 bits per heavy atom. The molecular formula is C46H98O3S. The second-order valence-electron chi connectivity index (χ2n) is 15.1. The quantitative estimate of drug-likeness (QED) is 0.0553. The fourth-order valence-corrected chi connectivity index (χ4v) is 7.03. The number of rotatable bonds is 32. The molecular weight excluding hydrogens is 633 g/mol. The van der Waals surface area contributed by atoms with Crippen LogP contribution in [0.25, 0.3) is 0 Å². The lowest BCUT2D eigenvalue weighted by Crippen LogP contribution is -2.05. The molecule has 1 fully saturated rings. The van der Waals surface area contributed by atoms with Gasteiger partial charge in [-0.2, -0.15) is 10.6 Å². The van der Waals surface area contributed by atoms with Gasteiger partial charge in [-0.25, -0.2) is 0 Å². The summed E-state index contributed by atoms with van der Waals surface area (Å²) in [5, 5.41) is 0. The third kappa shape index (κ3) is 54.7. The Morgan fingerprint density at radius 3 is 1.26 bits per heavy atom. The van der Waals surface area contributed by atoms with E-state index < -0.39 is 10.6 Å². The molecule has 1 rings (SSSR count). The summed E-state index contributed by atoms with van der Waals surface area (Å²) in [5.74, 6) is 1.11. The van der Waals surface area contributed by atoms with Gasteiger partial charge in [0.15, 0.2) is 0 Å². The Balaban J connectivity index is -0.000000665. The number of hydrogen-bond donors (Lipinski definition) is 1. The second-order valence-corrected chi connectivity index (χ2v) is 17.7. The van der Waals surface area contributed by atoms with Crippen LogP contribution in [-0.4, -0.2) is 37.4 Å². The van der Waals surface area contributed by atoms with Crippen LogP contribution < -0.4 is 0 Å². The first-order valence-corrected chi connectivity index (χ1v) is 25.0. The van der Waals surface area contributed by atoms with Gasteiger partial charge in [-0.3, -0.25) is 8.74 Å². The van der Waals surface area contributed by atoms with Gasteiger partial charge in [-0.1, -0.05) is 220 Å². The van der Waals surface area contributed by atoms with E-state index in [1.807, 2.05) is 13.8 Å². The third-order valence-electron chi connectivity index (χ3n) is 9.67. The molecule has 306 valence electrons. The van der Waals surface area contributed by atoms with E-state index in [0.717, 1.165) is 18.9 Å². The van der Waals surface area contributed by atoms with E-state index in [1.54, 1.807) is 19.6 Å². The van der Waals surface area contributed by atoms with E-state index in [1.165, 1.54) is 205 Å². The molecule has 0 unspecified atom stereocenters. The van der Waals surface area contributed by atoms with Gasteiger partial charge < -0.3 is 4.74 Å². The molecule has 1 aliphatic carbocycles. The van der Waals surface area contributed by atoms with Gasteiger partial charge in [0, 0.05) is 26.2 Å². The summed E-state index contributed by atoms with van der Waals surface area (Å²) in [5.41, 5.74) is 0. The molecule has 0 saturated heterocycles. The standard InChI is InChI=1S/C19H38O.C16H32.C9H22O2S.C2H6/c1-3-4-5-6-7-8-9-10-11-12-13-14-15-16-17-18-19-20-2;1-2-3-4-5-6-7-8-10-13-16-14-11-9-12-15-16;1-4-5-6-7-8-9-11-12(2,3)10;1-2/h10-11H,3-9,12-19H2,1-2H3;16H,2-15H2,1H3;10H,4-9H2,1-3H3;1-2H3/b11-10-;;;. The maximum absolute atomic E-state index is 9.28. The van der Waals surface area contributed by atoms with Gasteiger partial charge in [0.2, 0.25) is 0 Å². The van der Waals surface area contributed by atoms with Crippen molar-refractivity contribution in [3.63, 3.8) is 0 Å². The molecule has 0 heterocycles. The molecule has 0 aromatic rings. The van der Waals surface area contributed by atoms with Crippen LogP contribution in [0, 0.1) is 5.92 Å². The van der Waals surface area contributed by atoms with Crippen molar-refractivity contribution >= 4 is 10.6 Å². The van der Waals surface area contributed by atoms with Crippen molar-refractivity contribution in [1.29, 1.82) is 0 Å². The molecule has 0 aliphatic heterocycles. The SMILES string of the molecule is CC.CCCCCCCC/C=C\CCCCCCCCOC.CCCCCCCCCCC1CCCCC1.CCCCCCCOS(C)(C)O. The average molecular weight is 731 g/mol. The van der Waals surface area contributed by atoms with Gasteiger partial charge in [0.1, 0.15) is 0 Å². The zero-order valence-electron chi connectivity index (χ0n) is 36.2. The van der Waals surface area contributed by atoms with Crippen molar-refractivity contribution in [2.45, 2.75) is 247 Å². The monoisotopic (exact) mass is 731 g/mol. The van der Waals surface area contributed by atoms with Crippen LogP contribution in [0.4, 0.5) is 0 Å². The Morgan fingerprint density at radius 1 is 0.500 bits per heavy atom. The molecule has 0 spiro atoms. The first-order valence-electron chi connectivity index (χ1n) is 22.6. The van der Waals surface area contributed by atoms with E-state index in [9.17, 15) is 4.55 Å². The number of ether oxygens (including phenoxy) is 1. The molecule has 1 saturated carbocycles. The molecule has 50 heavy (non-hydrogen) atoms. The molecule has 1 aliphatic rings. The minimum absolute atomic E-state index is 0.711.